The molecule has 10 heteroatoms. The molecule has 2 amide bonds. The number of amides is 2. The Hall–Kier alpha value is -2.59. The lowest BCUT2D eigenvalue weighted by Gasteiger charge is -2.32. The van der Waals surface area contributed by atoms with Crippen LogP contribution in [0.2, 0.25) is 0 Å². The zero-order valence-electron chi connectivity index (χ0n) is 19.4. The van der Waals surface area contributed by atoms with Crippen molar-refractivity contribution in [1.82, 2.24) is 10.2 Å². The number of nitrogens with zero attached hydrogens (tertiary/aromatic N) is 2. The van der Waals surface area contributed by atoms with Crippen LogP contribution in [0.1, 0.15) is 26.3 Å². The molecule has 180 valence electrons. The van der Waals surface area contributed by atoms with Gasteiger partial charge in [-0.05, 0) is 62.7 Å². The number of anilines is 1. The normalized spacial score (nSPS) is 12.2. The van der Waals surface area contributed by atoms with Crippen LogP contribution in [0.4, 0.5) is 5.69 Å². The van der Waals surface area contributed by atoms with Gasteiger partial charge in [0.25, 0.3) is 0 Å². The highest BCUT2D eigenvalue weighted by atomic mass is 79.9. The van der Waals surface area contributed by atoms with Crippen LogP contribution in [0, 0.1) is 0 Å². The smallest absolute Gasteiger partial charge is 0.244 e. The zero-order valence-corrected chi connectivity index (χ0v) is 21.8. The van der Waals surface area contributed by atoms with Gasteiger partial charge in [-0.2, -0.15) is 0 Å². The highest BCUT2D eigenvalue weighted by molar-refractivity contribution is 9.10. The van der Waals surface area contributed by atoms with Crippen molar-refractivity contribution < 1.29 is 22.7 Å². The predicted molar refractivity (Wildman–Crippen MR) is 133 cm³/mol. The van der Waals surface area contributed by atoms with E-state index in [9.17, 15) is 18.0 Å². The van der Waals surface area contributed by atoms with Gasteiger partial charge in [0, 0.05) is 17.1 Å². The maximum absolute atomic E-state index is 13.4. The van der Waals surface area contributed by atoms with Crippen molar-refractivity contribution in [2.75, 3.05) is 24.2 Å². The minimum Gasteiger partial charge on any atom is -0.497 e. The van der Waals surface area contributed by atoms with Gasteiger partial charge in [0.05, 0.1) is 19.1 Å². The average molecular weight is 540 g/mol. The first-order valence-electron chi connectivity index (χ1n) is 10.4. The van der Waals surface area contributed by atoms with E-state index >= 15 is 0 Å². The number of hydrogen-bond donors (Lipinski definition) is 1. The van der Waals surface area contributed by atoms with Crippen LogP contribution in [-0.2, 0) is 26.2 Å². The minimum absolute atomic E-state index is 0.102. The first kappa shape index (κ1) is 26.7. The molecule has 0 aliphatic carbocycles. The second-order valence-electron chi connectivity index (χ2n) is 7.96. The molecule has 2 aromatic carbocycles. The summed E-state index contributed by atoms with van der Waals surface area (Å²) in [5.74, 6) is -0.250. The molecule has 2 aromatic rings. The Balaban J connectivity index is 2.38. The van der Waals surface area contributed by atoms with Gasteiger partial charge in [-0.3, -0.25) is 13.9 Å². The van der Waals surface area contributed by atoms with Crippen molar-refractivity contribution in [2.24, 2.45) is 0 Å². The lowest BCUT2D eigenvalue weighted by Crippen LogP contribution is -2.52. The van der Waals surface area contributed by atoms with Crippen molar-refractivity contribution in [1.29, 1.82) is 0 Å². The Kier molecular flexibility index (Phi) is 9.30. The fraction of sp³-hybridized carbons (Fsp3) is 0.391. The monoisotopic (exact) mass is 539 g/mol. The molecule has 0 bridgehead atoms. The molecule has 0 saturated heterocycles. The molecule has 0 fully saturated rings. The Bertz CT molecular complexity index is 1070. The summed E-state index contributed by atoms with van der Waals surface area (Å²) in [6.07, 6.45) is 1.04. The Morgan fingerprint density at radius 3 is 2.24 bits per heavy atom. The fourth-order valence-corrected chi connectivity index (χ4v) is 4.48. The maximum Gasteiger partial charge on any atom is 0.244 e. The molecule has 8 nitrogen and oxygen atoms in total. The second kappa shape index (κ2) is 11.5. The van der Waals surface area contributed by atoms with Crippen molar-refractivity contribution in [3.05, 3.63) is 58.6 Å². The van der Waals surface area contributed by atoms with Gasteiger partial charge in [-0.15, -0.1) is 0 Å². The van der Waals surface area contributed by atoms with Gasteiger partial charge in [-0.25, -0.2) is 8.42 Å². The molecule has 1 atom stereocenters. The summed E-state index contributed by atoms with van der Waals surface area (Å²) in [4.78, 5) is 27.5. The molecule has 0 unspecified atom stereocenters. The molecule has 0 radical (unpaired) electrons. The van der Waals surface area contributed by atoms with E-state index in [-0.39, 0.29) is 18.5 Å². The number of halogens is 1. The third kappa shape index (κ3) is 7.75. The van der Waals surface area contributed by atoms with Crippen molar-refractivity contribution in [2.45, 2.75) is 39.4 Å². The summed E-state index contributed by atoms with van der Waals surface area (Å²) in [5, 5.41) is 2.82. The van der Waals surface area contributed by atoms with E-state index in [0.717, 1.165) is 20.6 Å². The molecule has 0 aromatic heterocycles. The molecule has 0 aliphatic heterocycles. The number of methoxy groups -OCH3 is 1. The third-order valence-corrected chi connectivity index (χ3v) is 6.51. The highest BCUT2D eigenvalue weighted by Crippen LogP contribution is 2.22. The summed E-state index contributed by atoms with van der Waals surface area (Å²) in [5.41, 5.74) is 1.13. The van der Waals surface area contributed by atoms with E-state index in [1.807, 2.05) is 38.1 Å². The van der Waals surface area contributed by atoms with Crippen LogP contribution in [0.15, 0.2) is 53.0 Å². The topological polar surface area (TPSA) is 96.0 Å². The largest absolute Gasteiger partial charge is 0.497 e. The van der Waals surface area contributed by atoms with Crippen molar-refractivity contribution in [3.8, 4) is 5.75 Å². The quantitative estimate of drug-likeness (QED) is 0.500. The number of nitrogens with one attached hydrogen (secondary N) is 1. The number of sulfonamides is 1. The molecular weight excluding hydrogens is 510 g/mol. The average Bonchev–Trinajstić information content (AvgIpc) is 2.74. The number of hydrogen-bond acceptors (Lipinski definition) is 5. The summed E-state index contributed by atoms with van der Waals surface area (Å²) < 4.78 is 32.1. The van der Waals surface area contributed by atoms with E-state index in [4.69, 9.17) is 4.74 Å². The van der Waals surface area contributed by atoms with E-state index in [1.165, 1.54) is 12.0 Å². The van der Waals surface area contributed by atoms with Crippen LogP contribution in [-0.4, -0.2) is 57.1 Å². The van der Waals surface area contributed by atoms with Gasteiger partial charge >= 0.3 is 0 Å². The number of benzene rings is 2. The molecule has 2 rings (SSSR count). The molecule has 1 N–H and O–H groups in total. The van der Waals surface area contributed by atoms with Crippen LogP contribution in [0.3, 0.4) is 0 Å². The second-order valence-corrected chi connectivity index (χ2v) is 10.8. The van der Waals surface area contributed by atoms with E-state index in [0.29, 0.717) is 11.4 Å². The predicted octanol–water partition coefficient (Wildman–Crippen LogP) is 3.17. The summed E-state index contributed by atoms with van der Waals surface area (Å²) in [6.45, 7) is 5.00. The molecular formula is C23H30BrN3O5S. The van der Waals surface area contributed by atoms with Crippen LogP contribution >= 0.6 is 15.9 Å². The van der Waals surface area contributed by atoms with E-state index in [1.54, 1.807) is 31.2 Å². The first-order chi connectivity index (χ1) is 15.4. The maximum atomic E-state index is 13.4. The number of ether oxygens (including phenoxy) is 1. The van der Waals surface area contributed by atoms with Crippen LogP contribution in [0.25, 0.3) is 0 Å². The first-order valence-corrected chi connectivity index (χ1v) is 13.0. The van der Waals surface area contributed by atoms with Gasteiger partial charge < -0.3 is 15.0 Å². The number of carbonyl (C=O) groups excluding carboxylic acids is 2. The number of carbonyl (C=O) groups is 2. The fourth-order valence-electron chi connectivity index (χ4n) is 3.18. The summed E-state index contributed by atoms with van der Waals surface area (Å²) in [7, 11) is -2.26. The molecule has 0 aliphatic rings. The third-order valence-electron chi connectivity index (χ3n) is 4.88. The zero-order chi connectivity index (χ0) is 24.8. The number of rotatable bonds is 10. The van der Waals surface area contributed by atoms with Crippen molar-refractivity contribution in [3.63, 3.8) is 0 Å². The highest BCUT2D eigenvalue weighted by Gasteiger charge is 2.30. The summed E-state index contributed by atoms with van der Waals surface area (Å²) >= 11 is 3.42. The lowest BCUT2D eigenvalue weighted by molar-refractivity contribution is -0.139. The Morgan fingerprint density at radius 1 is 1.09 bits per heavy atom. The van der Waals surface area contributed by atoms with Gasteiger partial charge in [-0.1, -0.05) is 28.1 Å². The van der Waals surface area contributed by atoms with Crippen LogP contribution in [0.5, 0.6) is 5.75 Å². The van der Waals surface area contributed by atoms with E-state index in [2.05, 4.69) is 21.2 Å². The van der Waals surface area contributed by atoms with Crippen molar-refractivity contribution >= 4 is 43.5 Å². The Morgan fingerprint density at radius 2 is 1.73 bits per heavy atom. The molecule has 33 heavy (non-hydrogen) atoms. The van der Waals surface area contributed by atoms with E-state index < -0.39 is 28.5 Å². The molecule has 0 saturated carbocycles. The minimum atomic E-state index is -3.77. The molecule has 0 spiro atoms. The van der Waals surface area contributed by atoms with Gasteiger partial charge in [0.2, 0.25) is 21.8 Å². The Labute approximate surface area is 204 Å². The standard InChI is InChI=1S/C23H30BrN3O5S/c1-16(2)25-23(29)17(3)26(14-18-7-6-8-19(24)13-18)22(28)15-27(33(5,30)31)20-9-11-21(32-4)12-10-20/h6-13,16-17H,14-15H2,1-5H3,(H,25,29)/t17-/m0/s1. The molecule has 0 heterocycles. The lowest BCUT2D eigenvalue weighted by atomic mass is 10.1. The summed E-state index contributed by atoms with van der Waals surface area (Å²) in [6, 6.07) is 12.9. The van der Waals surface area contributed by atoms with Gasteiger partial charge in [0.15, 0.2) is 0 Å². The van der Waals surface area contributed by atoms with Crippen LogP contribution < -0.4 is 14.4 Å². The van der Waals surface area contributed by atoms with Gasteiger partial charge in [0.1, 0.15) is 18.3 Å². The SMILES string of the molecule is COc1ccc(N(CC(=O)N(Cc2cccc(Br)c2)[C@@H](C)C(=O)NC(C)C)S(C)(=O)=O)cc1.